The first kappa shape index (κ1) is 13.1. The molecule has 0 bridgehead atoms. The van der Waals surface area contributed by atoms with Gasteiger partial charge in [-0.1, -0.05) is 0 Å². The van der Waals surface area contributed by atoms with Crippen LogP contribution in [0.25, 0.3) is 4.72 Å². The molecule has 1 fully saturated rings. The zero-order valence-electron chi connectivity index (χ0n) is 5.87. The predicted molar refractivity (Wildman–Crippen MR) is 36.2 cm³/mol. The molecule has 0 aliphatic carbocycles. The van der Waals surface area contributed by atoms with E-state index in [2.05, 4.69) is 4.72 Å². The standard InChI is InChI=1S/C3H7N2O2S.CH3.Rh/c1-5-3-2-4-8(5,6)7;;/h2-3H2,1H3;1H3;/q2*-1;+2. The van der Waals surface area contributed by atoms with E-state index in [1.807, 2.05) is 0 Å². The Kier molecular flexibility index (Phi) is 5.75. The molecule has 63 valence electrons. The monoisotopic (exact) mass is 253 g/mol. The molecule has 1 aliphatic rings. The van der Waals surface area contributed by atoms with E-state index in [-0.39, 0.29) is 26.9 Å². The molecule has 6 heteroatoms. The van der Waals surface area contributed by atoms with Crippen LogP contribution in [-0.4, -0.2) is 32.9 Å². The topological polar surface area (TPSA) is 51.5 Å². The van der Waals surface area contributed by atoms with Crippen molar-refractivity contribution in [2.45, 2.75) is 0 Å². The average Bonchev–Trinajstić information content (AvgIpc) is 1.86. The molecule has 0 unspecified atom stereocenters. The second-order valence-electron chi connectivity index (χ2n) is 1.65. The van der Waals surface area contributed by atoms with E-state index in [4.69, 9.17) is 0 Å². The van der Waals surface area contributed by atoms with E-state index in [1.54, 1.807) is 0 Å². The number of nitrogens with zero attached hydrogens (tertiary/aromatic N) is 2. The maximum absolute atomic E-state index is 10.5. The number of likely N-dealkylation sites (N-methyl/N-ethyl adjacent to an activating group) is 1. The van der Waals surface area contributed by atoms with Crippen molar-refractivity contribution in [1.29, 1.82) is 0 Å². The summed E-state index contributed by atoms with van der Waals surface area (Å²) in [5, 5.41) is 0. The molecule has 1 radical (unpaired) electrons. The van der Waals surface area contributed by atoms with Gasteiger partial charge in [0, 0.05) is 7.05 Å². The minimum atomic E-state index is -3.17. The van der Waals surface area contributed by atoms with Gasteiger partial charge in [0.1, 0.15) is 10.2 Å². The van der Waals surface area contributed by atoms with Gasteiger partial charge in [-0.3, -0.25) is 0 Å². The first-order valence-corrected chi connectivity index (χ1v) is 3.68. The average molecular weight is 253 g/mol. The minimum absolute atomic E-state index is 0. The van der Waals surface area contributed by atoms with Crippen LogP contribution in [0.2, 0.25) is 0 Å². The fraction of sp³-hybridized carbons (Fsp3) is 0.750. The molecule has 0 saturated carbocycles. The van der Waals surface area contributed by atoms with Crippen LogP contribution in [0, 0.1) is 7.43 Å². The Balaban J connectivity index is 0. The van der Waals surface area contributed by atoms with Crippen LogP contribution in [0.15, 0.2) is 0 Å². The normalized spacial score (nSPS) is 22.9. The smallest absolute Gasteiger partial charge is 0.534 e. The van der Waals surface area contributed by atoms with Gasteiger partial charge >= 0.3 is 19.5 Å². The number of rotatable bonds is 0. The second kappa shape index (κ2) is 4.39. The largest absolute Gasteiger partial charge is 2.00 e. The summed E-state index contributed by atoms with van der Waals surface area (Å²) in [5.41, 5.74) is 0. The molecule has 1 heterocycles. The van der Waals surface area contributed by atoms with Crippen LogP contribution in [0.1, 0.15) is 0 Å². The zero-order chi connectivity index (χ0) is 6.20. The van der Waals surface area contributed by atoms with Crippen molar-refractivity contribution >= 4 is 10.2 Å². The van der Waals surface area contributed by atoms with Gasteiger partial charge in [-0.05, 0) is 6.54 Å². The molecule has 0 atom stereocenters. The SMILES string of the molecule is CN1CC[N-]S1(=O)=O.[CH3-].[Rh+2]. The van der Waals surface area contributed by atoms with Gasteiger partial charge in [-0.25, -0.2) is 12.7 Å². The summed E-state index contributed by atoms with van der Waals surface area (Å²) in [6.07, 6.45) is 0. The van der Waals surface area contributed by atoms with E-state index in [1.165, 1.54) is 11.4 Å². The summed E-state index contributed by atoms with van der Waals surface area (Å²) in [7, 11) is -1.65. The minimum Gasteiger partial charge on any atom is -0.534 e. The van der Waals surface area contributed by atoms with Gasteiger partial charge in [0.2, 0.25) is 0 Å². The molecule has 1 saturated heterocycles. The van der Waals surface area contributed by atoms with E-state index < -0.39 is 10.2 Å². The van der Waals surface area contributed by atoms with Crippen molar-refractivity contribution in [3.8, 4) is 0 Å². The summed E-state index contributed by atoms with van der Waals surface area (Å²) in [5.74, 6) is 0. The van der Waals surface area contributed by atoms with Gasteiger partial charge in [0.25, 0.3) is 0 Å². The molecule has 1 aliphatic heterocycles. The molecule has 0 aromatic rings. The Morgan fingerprint density at radius 2 is 2.00 bits per heavy atom. The van der Waals surface area contributed by atoms with Gasteiger partial charge in [-0.15, -0.1) is 6.54 Å². The summed E-state index contributed by atoms with van der Waals surface area (Å²) in [6, 6.07) is 0. The molecule has 1 rings (SSSR count). The molecule has 0 amide bonds. The Hall–Kier alpha value is 0.493. The molecule has 0 spiro atoms. The third kappa shape index (κ3) is 2.62. The Bertz CT molecular complexity index is 180. The summed E-state index contributed by atoms with van der Waals surface area (Å²) < 4.78 is 25.6. The molecular weight excluding hydrogens is 243 g/mol. The molecule has 4 nitrogen and oxygen atoms in total. The summed E-state index contributed by atoms with van der Waals surface area (Å²) in [6.45, 7) is 0.946. The number of hydrogen-bond donors (Lipinski definition) is 0. The molecular formula is C4H10N2O2RhS. The first-order valence-electron chi connectivity index (χ1n) is 2.28. The predicted octanol–water partition coefficient (Wildman–Crippen LogP) is -0.00191. The summed E-state index contributed by atoms with van der Waals surface area (Å²) >= 11 is 0. The van der Waals surface area contributed by atoms with Crippen LogP contribution in [0.4, 0.5) is 0 Å². The van der Waals surface area contributed by atoms with E-state index in [0.717, 1.165) is 0 Å². The van der Waals surface area contributed by atoms with Crippen molar-refractivity contribution in [3.05, 3.63) is 12.1 Å². The maximum Gasteiger partial charge on any atom is 2.00 e. The fourth-order valence-electron chi connectivity index (χ4n) is 0.511. The molecule has 10 heavy (non-hydrogen) atoms. The zero-order valence-corrected chi connectivity index (χ0v) is 8.32. The molecule has 0 aromatic carbocycles. The van der Waals surface area contributed by atoms with Crippen LogP contribution in [0.3, 0.4) is 0 Å². The van der Waals surface area contributed by atoms with E-state index >= 15 is 0 Å². The van der Waals surface area contributed by atoms with Crippen LogP contribution < -0.4 is 0 Å². The van der Waals surface area contributed by atoms with E-state index in [0.29, 0.717) is 13.1 Å². The molecule has 0 aromatic heterocycles. The Morgan fingerprint density at radius 3 is 2.10 bits per heavy atom. The van der Waals surface area contributed by atoms with Gasteiger partial charge < -0.3 is 12.1 Å². The fourth-order valence-corrected chi connectivity index (χ4v) is 1.33. The number of hydrogen-bond acceptors (Lipinski definition) is 2. The van der Waals surface area contributed by atoms with Crippen molar-refractivity contribution in [3.63, 3.8) is 0 Å². The third-order valence-corrected chi connectivity index (χ3v) is 2.54. The quantitative estimate of drug-likeness (QED) is 0.450. The second-order valence-corrected chi connectivity index (χ2v) is 3.43. The van der Waals surface area contributed by atoms with Crippen molar-refractivity contribution < 1.29 is 27.9 Å². The Morgan fingerprint density at radius 1 is 1.50 bits per heavy atom. The van der Waals surface area contributed by atoms with Gasteiger partial charge in [-0.2, -0.15) is 0 Å². The summed E-state index contributed by atoms with van der Waals surface area (Å²) in [4.78, 5) is 0. The Labute approximate surface area is 74.9 Å². The van der Waals surface area contributed by atoms with Crippen LogP contribution >= 0.6 is 0 Å². The maximum atomic E-state index is 10.5. The molecule has 0 N–H and O–H groups in total. The van der Waals surface area contributed by atoms with Gasteiger partial charge in [0.15, 0.2) is 0 Å². The van der Waals surface area contributed by atoms with Crippen LogP contribution in [0.5, 0.6) is 0 Å². The van der Waals surface area contributed by atoms with Crippen molar-refractivity contribution in [2.24, 2.45) is 0 Å². The first-order chi connectivity index (χ1) is 3.63. The third-order valence-electron chi connectivity index (χ3n) is 1.06. The van der Waals surface area contributed by atoms with Crippen molar-refractivity contribution in [2.75, 3.05) is 20.1 Å². The van der Waals surface area contributed by atoms with E-state index in [9.17, 15) is 8.42 Å². The van der Waals surface area contributed by atoms with Gasteiger partial charge in [0.05, 0.1) is 0 Å². The van der Waals surface area contributed by atoms with Crippen molar-refractivity contribution in [1.82, 2.24) is 4.31 Å². The van der Waals surface area contributed by atoms with Crippen LogP contribution in [-0.2, 0) is 29.7 Å².